The van der Waals surface area contributed by atoms with E-state index in [1.807, 2.05) is 24.3 Å². The standard InChI is InChI=1S/C20H21N5O3/c1-27-19-8-7-14(12-22-19)25-18(16-6-2-3-9-21-16)11-17(24-25)20(26)23-13-15-5-4-10-28-15/h2-3,6-9,11-12,15H,4-5,10,13H2,1H3,(H,23,26). The van der Waals surface area contributed by atoms with Gasteiger partial charge in [-0.2, -0.15) is 5.10 Å². The molecule has 1 fully saturated rings. The highest BCUT2D eigenvalue weighted by Crippen LogP contribution is 2.23. The topological polar surface area (TPSA) is 91.2 Å². The van der Waals surface area contributed by atoms with Gasteiger partial charge in [0.05, 0.1) is 36.5 Å². The van der Waals surface area contributed by atoms with Gasteiger partial charge < -0.3 is 14.8 Å². The molecule has 0 radical (unpaired) electrons. The third-order valence-corrected chi connectivity index (χ3v) is 4.56. The van der Waals surface area contributed by atoms with Crippen molar-refractivity contribution in [3.05, 3.63) is 54.5 Å². The zero-order chi connectivity index (χ0) is 19.3. The lowest BCUT2D eigenvalue weighted by molar-refractivity contribution is 0.0853. The van der Waals surface area contributed by atoms with E-state index in [9.17, 15) is 4.79 Å². The number of carbonyl (C=O) groups is 1. The molecule has 1 N–H and O–H groups in total. The first-order valence-electron chi connectivity index (χ1n) is 9.16. The number of pyridine rings is 2. The summed E-state index contributed by atoms with van der Waals surface area (Å²) < 4.78 is 12.3. The van der Waals surface area contributed by atoms with Gasteiger partial charge in [-0.1, -0.05) is 6.07 Å². The number of carbonyl (C=O) groups excluding carboxylic acids is 1. The summed E-state index contributed by atoms with van der Waals surface area (Å²) in [6.45, 7) is 1.23. The maximum absolute atomic E-state index is 12.6. The lowest BCUT2D eigenvalue weighted by Gasteiger charge is -2.09. The second kappa shape index (κ2) is 8.18. The fraction of sp³-hybridized carbons (Fsp3) is 0.300. The average Bonchev–Trinajstić information content (AvgIpc) is 3.43. The number of rotatable bonds is 6. The molecule has 8 nitrogen and oxygen atoms in total. The van der Waals surface area contributed by atoms with E-state index in [1.54, 1.807) is 36.3 Å². The molecule has 1 aliphatic heterocycles. The number of hydrogen-bond acceptors (Lipinski definition) is 6. The van der Waals surface area contributed by atoms with Gasteiger partial charge in [0, 0.05) is 25.4 Å². The predicted molar refractivity (Wildman–Crippen MR) is 102 cm³/mol. The molecule has 4 rings (SSSR count). The minimum Gasteiger partial charge on any atom is -0.481 e. The predicted octanol–water partition coefficient (Wildman–Crippen LogP) is 2.25. The second-order valence-corrected chi connectivity index (χ2v) is 6.45. The molecule has 3 aromatic rings. The van der Waals surface area contributed by atoms with Crippen LogP contribution in [0.2, 0.25) is 0 Å². The number of nitrogens with zero attached hydrogens (tertiary/aromatic N) is 4. The van der Waals surface area contributed by atoms with Gasteiger partial charge in [-0.25, -0.2) is 9.67 Å². The van der Waals surface area contributed by atoms with Crippen LogP contribution in [0.4, 0.5) is 0 Å². The van der Waals surface area contributed by atoms with Crippen LogP contribution in [0.15, 0.2) is 48.8 Å². The molecule has 1 saturated heterocycles. The Morgan fingerprint density at radius 3 is 2.93 bits per heavy atom. The van der Waals surface area contributed by atoms with Crippen molar-refractivity contribution in [2.24, 2.45) is 0 Å². The van der Waals surface area contributed by atoms with Crippen molar-refractivity contribution in [3.8, 4) is 23.0 Å². The van der Waals surface area contributed by atoms with Gasteiger partial charge in [0.1, 0.15) is 0 Å². The molecule has 1 aliphatic rings. The average molecular weight is 379 g/mol. The lowest BCUT2D eigenvalue weighted by Crippen LogP contribution is -2.32. The van der Waals surface area contributed by atoms with Crippen molar-refractivity contribution in [2.45, 2.75) is 18.9 Å². The van der Waals surface area contributed by atoms with Gasteiger partial charge in [0.15, 0.2) is 5.69 Å². The summed E-state index contributed by atoms with van der Waals surface area (Å²) in [6, 6.07) is 10.9. The van der Waals surface area contributed by atoms with Gasteiger partial charge >= 0.3 is 0 Å². The molecule has 0 aromatic carbocycles. The Balaban J connectivity index is 1.64. The summed E-state index contributed by atoms with van der Waals surface area (Å²) in [5.74, 6) is 0.262. The summed E-state index contributed by atoms with van der Waals surface area (Å²) in [4.78, 5) is 21.3. The summed E-state index contributed by atoms with van der Waals surface area (Å²) in [6.07, 6.45) is 5.42. The maximum Gasteiger partial charge on any atom is 0.271 e. The molecule has 0 bridgehead atoms. The van der Waals surface area contributed by atoms with Crippen LogP contribution in [-0.2, 0) is 4.74 Å². The highest BCUT2D eigenvalue weighted by atomic mass is 16.5. The molecular formula is C20H21N5O3. The summed E-state index contributed by atoms with van der Waals surface area (Å²) in [5, 5.41) is 7.41. The number of hydrogen-bond donors (Lipinski definition) is 1. The van der Waals surface area contributed by atoms with E-state index in [0.717, 1.165) is 19.4 Å². The van der Waals surface area contributed by atoms with E-state index < -0.39 is 0 Å². The Bertz CT molecular complexity index is 934. The molecule has 3 aromatic heterocycles. The normalized spacial score (nSPS) is 16.1. The molecule has 1 atom stereocenters. The minimum atomic E-state index is -0.243. The van der Waals surface area contributed by atoms with Crippen molar-refractivity contribution >= 4 is 5.91 Å². The van der Waals surface area contributed by atoms with Gasteiger partial charge in [-0.3, -0.25) is 9.78 Å². The molecule has 1 amide bonds. The van der Waals surface area contributed by atoms with E-state index >= 15 is 0 Å². The van der Waals surface area contributed by atoms with Gasteiger partial charge in [-0.05, 0) is 37.1 Å². The van der Waals surface area contributed by atoms with Crippen molar-refractivity contribution < 1.29 is 14.3 Å². The molecular weight excluding hydrogens is 358 g/mol. The van der Waals surface area contributed by atoms with E-state index in [4.69, 9.17) is 9.47 Å². The summed E-state index contributed by atoms with van der Waals surface area (Å²) in [5.41, 5.74) is 2.44. The molecule has 0 spiro atoms. The highest BCUT2D eigenvalue weighted by molar-refractivity contribution is 5.93. The van der Waals surface area contributed by atoms with Crippen molar-refractivity contribution in [1.29, 1.82) is 0 Å². The van der Waals surface area contributed by atoms with Crippen LogP contribution in [0, 0.1) is 0 Å². The molecule has 8 heteroatoms. The van der Waals surface area contributed by atoms with Gasteiger partial charge in [0.25, 0.3) is 5.91 Å². The molecule has 1 unspecified atom stereocenters. The van der Waals surface area contributed by atoms with Crippen LogP contribution in [0.1, 0.15) is 23.3 Å². The van der Waals surface area contributed by atoms with Crippen LogP contribution < -0.4 is 10.1 Å². The van der Waals surface area contributed by atoms with E-state index in [1.165, 1.54) is 0 Å². The fourth-order valence-electron chi connectivity index (χ4n) is 3.11. The first-order valence-corrected chi connectivity index (χ1v) is 9.16. The Hall–Kier alpha value is -3.26. The van der Waals surface area contributed by atoms with Crippen LogP contribution >= 0.6 is 0 Å². The quantitative estimate of drug-likeness (QED) is 0.706. The first kappa shape index (κ1) is 18.1. The van der Waals surface area contributed by atoms with Gasteiger partial charge in [-0.15, -0.1) is 0 Å². The van der Waals surface area contributed by atoms with E-state index in [0.29, 0.717) is 35.2 Å². The third kappa shape index (κ3) is 3.86. The minimum absolute atomic E-state index is 0.0760. The Labute approximate surface area is 162 Å². The molecule has 28 heavy (non-hydrogen) atoms. The SMILES string of the molecule is COc1ccc(-n2nc(C(=O)NCC3CCCO3)cc2-c2ccccn2)cn1. The van der Waals surface area contributed by atoms with Crippen molar-refractivity contribution in [1.82, 2.24) is 25.1 Å². The molecule has 0 aliphatic carbocycles. The van der Waals surface area contributed by atoms with Crippen molar-refractivity contribution in [3.63, 3.8) is 0 Å². The largest absolute Gasteiger partial charge is 0.481 e. The molecule has 4 heterocycles. The highest BCUT2D eigenvalue weighted by Gasteiger charge is 2.20. The van der Waals surface area contributed by atoms with Crippen LogP contribution in [0.25, 0.3) is 17.1 Å². The van der Waals surface area contributed by atoms with Crippen molar-refractivity contribution in [2.75, 3.05) is 20.3 Å². The third-order valence-electron chi connectivity index (χ3n) is 4.56. The van der Waals surface area contributed by atoms with E-state index in [2.05, 4.69) is 20.4 Å². The molecule has 0 saturated carbocycles. The monoisotopic (exact) mass is 379 g/mol. The smallest absolute Gasteiger partial charge is 0.271 e. The Kier molecular flexibility index (Phi) is 5.29. The summed E-state index contributed by atoms with van der Waals surface area (Å²) in [7, 11) is 1.56. The lowest BCUT2D eigenvalue weighted by atomic mass is 10.2. The number of amides is 1. The summed E-state index contributed by atoms with van der Waals surface area (Å²) >= 11 is 0. The fourth-order valence-corrected chi connectivity index (χ4v) is 3.11. The zero-order valence-electron chi connectivity index (χ0n) is 15.5. The number of nitrogens with one attached hydrogen (secondary N) is 1. The van der Waals surface area contributed by atoms with Crippen LogP contribution in [0.3, 0.4) is 0 Å². The Morgan fingerprint density at radius 1 is 1.32 bits per heavy atom. The second-order valence-electron chi connectivity index (χ2n) is 6.45. The first-order chi connectivity index (χ1) is 13.7. The number of ether oxygens (including phenoxy) is 2. The number of aromatic nitrogens is 4. The van der Waals surface area contributed by atoms with Crippen LogP contribution in [-0.4, -0.2) is 52.0 Å². The Morgan fingerprint density at radius 2 is 2.25 bits per heavy atom. The number of methoxy groups -OCH3 is 1. The van der Waals surface area contributed by atoms with Gasteiger partial charge in [0.2, 0.25) is 5.88 Å². The van der Waals surface area contributed by atoms with E-state index in [-0.39, 0.29) is 12.0 Å². The molecule has 144 valence electrons. The van der Waals surface area contributed by atoms with Crippen LogP contribution in [0.5, 0.6) is 5.88 Å². The zero-order valence-corrected chi connectivity index (χ0v) is 15.5. The maximum atomic E-state index is 12.6.